The monoisotopic (exact) mass is 261 g/mol. The first kappa shape index (κ1) is 12.1. The molecule has 0 aliphatic carbocycles. The second-order valence-corrected chi connectivity index (χ2v) is 4.63. The molecule has 1 aromatic rings. The molecule has 3 N–H and O–H groups in total. The Labute approximate surface area is 104 Å². The molecule has 1 fully saturated rings. The van der Waals surface area contributed by atoms with Crippen LogP contribution < -0.4 is 11.3 Å². The number of ether oxygens (including phenoxy) is 1. The van der Waals surface area contributed by atoms with E-state index in [1.165, 1.54) is 0 Å². The first-order valence-corrected chi connectivity index (χ1v) is 5.82. The summed E-state index contributed by atoms with van der Waals surface area (Å²) < 4.78 is 5.33. The Balaban J connectivity index is 2.25. The van der Waals surface area contributed by atoms with Gasteiger partial charge in [0.15, 0.2) is 0 Å². The third-order valence-electron chi connectivity index (χ3n) is 2.75. The Bertz CT molecular complexity index is 369. The molecule has 2 unspecified atom stereocenters. The zero-order valence-corrected chi connectivity index (χ0v) is 10.1. The van der Waals surface area contributed by atoms with Crippen LogP contribution >= 0.6 is 23.2 Å². The van der Waals surface area contributed by atoms with Crippen LogP contribution in [0.5, 0.6) is 0 Å². The smallest absolute Gasteiger partial charge is 0.0777 e. The van der Waals surface area contributed by atoms with E-state index in [1.807, 2.05) is 0 Å². The van der Waals surface area contributed by atoms with Gasteiger partial charge in [-0.25, -0.2) is 0 Å². The minimum Gasteiger partial charge on any atom is -0.381 e. The van der Waals surface area contributed by atoms with Crippen LogP contribution in [0, 0.1) is 5.92 Å². The van der Waals surface area contributed by atoms with Crippen molar-refractivity contribution in [1.82, 2.24) is 10.4 Å². The summed E-state index contributed by atoms with van der Waals surface area (Å²) in [6, 6.07) is 1.58. The van der Waals surface area contributed by atoms with Crippen molar-refractivity contribution >= 4 is 23.2 Å². The number of halogens is 2. The zero-order chi connectivity index (χ0) is 11.5. The van der Waals surface area contributed by atoms with Gasteiger partial charge < -0.3 is 4.74 Å². The van der Waals surface area contributed by atoms with E-state index in [0.717, 1.165) is 18.7 Å². The van der Waals surface area contributed by atoms with Gasteiger partial charge in [0.25, 0.3) is 0 Å². The Hall–Kier alpha value is -0.390. The van der Waals surface area contributed by atoms with Gasteiger partial charge in [-0.1, -0.05) is 23.2 Å². The topological polar surface area (TPSA) is 60.2 Å². The molecule has 0 spiro atoms. The molecule has 6 heteroatoms. The van der Waals surface area contributed by atoms with Crippen molar-refractivity contribution in [2.45, 2.75) is 12.5 Å². The lowest BCUT2D eigenvalue weighted by atomic mass is 9.96. The number of nitrogens with zero attached hydrogens (tertiary/aromatic N) is 1. The van der Waals surface area contributed by atoms with Crippen LogP contribution in [-0.2, 0) is 4.74 Å². The number of hydrogen-bond acceptors (Lipinski definition) is 4. The van der Waals surface area contributed by atoms with Gasteiger partial charge in [0, 0.05) is 18.7 Å². The molecule has 2 atom stereocenters. The minimum absolute atomic E-state index is 0.0905. The first-order chi connectivity index (χ1) is 7.72. The molecule has 2 heterocycles. The molecular weight excluding hydrogens is 249 g/mol. The summed E-state index contributed by atoms with van der Waals surface area (Å²) in [5.74, 6) is 5.86. The van der Waals surface area contributed by atoms with Gasteiger partial charge >= 0.3 is 0 Å². The maximum Gasteiger partial charge on any atom is 0.0777 e. The zero-order valence-electron chi connectivity index (χ0n) is 8.62. The molecular formula is C10H13Cl2N3O. The highest BCUT2D eigenvalue weighted by atomic mass is 35.5. The van der Waals surface area contributed by atoms with Gasteiger partial charge in [-0.3, -0.25) is 16.3 Å². The molecule has 0 bridgehead atoms. The number of hydrazine groups is 1. The number of nitrogens with one attached hydrogen (secondary N) is 1. The lowest BCUT2D eigenvalue weighted by Crippen LogP contribution is -2.34. The maximum atomic E-state index is 6.10. The molecule has 1 aromatic heterocycles. The number of hydrogen-bond donors (Lipinski definition) is 2. The Morgan fingerprint density at radius 3 is 2.94 bits per heavy atom. The van der Waals surface area contributed by atoms with Gasteiger partial charge in [0.1, 0.15) is 0 Å². The van der Waals surface area contributed by atoms with Crippen LogP contribution in [0.15, 0.2) is 12.3 Å². The number of rotatable bonds is 3. The van der Waals surface area contributed by atoms with E-state index >= 15 is 0 Å². The second-order valence-electron chi connectivity index (χ2n) is 3.79. The molecule has 2 rings (SSSR count). The number of pyridine rings is 1. The van der Waals surface area contributed by atoms with E-state index in [2.05, 4.69) is 10.4 Å². The van der Waals surface area contributed by atoms with Crippen molar-refractivity contribution in [3.05, 3.63) is 28.0 Å². The largest absolute Gasteiger partial charge is 0.381 e. The van der Waals surface area contributed by atoms with Crippen molar-refractivity contribution < 1.29 is 4.74 Å². The van der Waals surface area contributed by atoms with E-state index in [9.17, 15) is 0 Å². The van der Waals surface area contributed by atoms with Crippen molar-refractivity contribution in [2.75, 3.05) is 13.2 Å². The fraction of sp³-hybridized carbons (Fsp3) is 0.500. The number of aromatic nitrogens is 1. The van der Waals surface area contributed by atoms with Gasteiger partial charge in [-0.05, 0) is 12.5 Å². The minimum atomic E-state index is -0.0905. The van der Waals surface area contributed by atoms with E-state index < -0.39 is 0 Å². The van der Waals surface area contributed by atoms with Gasteiger partial charge in [0.2, 0.25) is 0 Å². The first-order valence-electron chi connectivity index (χ1n) is 5.07. The normalized spacial score (nSPS) is 22.3. The maximum absolute atomic E-state index is 6.10. The molecule has 1 aliphatic rings. The Kier molecular flexibility index (Phi) is 4.00. The van der Waals surface area contributed by atoms with Crippen LogP contribution in [-0.4, -0.2) is 18.2 Å². The molecule has 1 saturated heterocycles. The van der Waals surface area contributed by atoms with Crippen molar-refractivity contribution in [2.24, 2.45) is 11.8 Å². The lowest BCUT2D eigenvalue weighted by Gasteiger charge is -2.21. The average molecular weight is 262 g/mol. The van der Waals surface area contributed by atoms with E-state index in [0.29, 0.717) is 22.6 Å². The fourth-order valence-corrected chi connectivity index (χ4v) is 2.41. The standard InChI is InChI=1S/C10H13Cl2N3O/c11-7-3-8(12)10(14-4-7)9(15-13)6-1-2-16-5-6/h3-4,6,9,15H,1-2,5,13H2. The molecule has 0 radical (unpaired) electrons. The van der Waals surface area contributed by atoms with Crippen molar-refractivity contribution in [3.63, 3.8) is 0 Å². The molecule has 16 heavy (non-hydrogen) atoms. The predicted octanol–water partition coefficient (Wildman–Crippen LogP) is 1.93. The molecule has 1 aliphatic heterocycles. The third-order valence-corrected chi connectivity index (χ3v) is 3.26. The second kappa shape index (κ2) is 5.29. The lowest BCUT2D eigenvalue weighted by molar-refractivity contribution is 0.176. The van der Waals surface area contributed by atoms with Crippen LogP contribution in [0.1, 0.15) is 18.2 Å². The molecule has 88 valence electrons. The van der Waals surface area contributed by atoms with Crippen LogP contribution in [0.25, 0.3) is 0 Å². The predicted molar refractivity (Wildman–Crippen MR) is 63.2 cm³/mol. The van der Waals surface area contributed by atoms with Crippen molar-refractivity contribution in [3.8, 4) is 0 Å². The molecule has 0 saturated carbocycles. The fourth-order valence-electron chi connectivity index (χ4n) is 1.91. The SMILES string of the molecule is NNC(c1ncc(Cl)cc1Cl)C1CCOC1. The molecule has 4 nitrogen and oxygen atoms in total. The van der Waals surface area contributed by atoms with Crippen LogP contribution in [0.3, 0.4) is 0 Å². The van der Waals surface area contributed by atoms with E-state index in [1.54, 1.807) is 12.3 Å². The summed E-state index contributed by atoms with van der Waals surface area (Å²) in [4.78, 5) is 4.23. The van der Waals surface area contributed by atoms with E-state index in [4.69, 9.17) is 33.8 Å². The average Bonchev–Trinajstić information content (AvgIpc) is 2.75. The van der Waals surface area contributed by atoms with Crippen molar-refractivity contribution in [1.29, 1.82) is 0 Å². The molecule has 0 aromatic carbocycles. The third kappa shape index (κ3) is 2.47. The number of nitrogens with two attached hydrogens (primary N) is 1. The highest BCUT2D eigenvalue weighted by molar-refractivity contribution is 6.34. The van der Waals surface area contributed by atoms with Crippen LogP contribution in [0.2, 0.25) is 10.0 Å². The highest BCUT2D eigenvalue weighted by Gasteiger charge is 2.28. The summed E-state index contributed by atoms with van der Waals surface area (Å²) in [5, 5.41) is 1.05. The van der Waals surface area contributed by atoms with Gasteiger partial charge in [0.05, 0.1) is 28.4 Å². The van der Waals surface area contributed by atoms with Gasteiger partial charge in [-0.2, -0.15) is 0 Å². The summed E-state index contributed by atoms with van der Waals surface area (Å²) in [6.45, 7) is 1.43. The highest BCUT2D eigenvalue weighted by Crippen LogP contribution is 2.31. The van der Waals surface area contributed by atoms with E-state index in [-0.39, 0.29) is 6.04 Å². The summed E-state index contributed by atoms with van der Waals surface area (Å²) in [7, 11) is 0. The summed E-state index contributed by atoms with van der Waals surface area (Å²) >= 11 is 11.9. The molecule has 0 amide bonds. The Morgan fingerprint density at radius 1 is 1.56 bits per heavy atom. The van der Waals surface area contributed by atoms with Crippen LogP contribution in [0.4, 0.5) is 0 Å². The summed E-state index contributed by atoms with van der Waals surface area (Å²) in [6.07, 6.45) is 2.53. The summed E-state index contributed by atoms with van der Waals surface area (Å²) in [5.41, 5.74) is 3.48. The Morgan fingerprint density at radius 2 is 2.38 bits per heavy atom. The quantitative estimate of drug-likeness (QED) is 0.645. The van der Waals surface area contributed by atoms with Gasteiger partial charge in [-0.15, -0.1) is 0 Å².